The number of halogens is 1. The zero-order valence-corrected chi connectivity index (χ0v) is 13.6. The molecule has 1 aliphatic rings. The average Bonchev–Trinajstić information content (AvgIpc) is 2.50. The molecule has 1 amide bonds. The third-order valence-electron chi connectivity index (χ3n) is 3.51. The lowest BCUT2D eigenvalue weighted by molar-refractivity contribution is -0.120. The van der Waals surface area contributed by atoms with Crippen LogP contribution in [0.15, 0.2) is 24.3 Å². The normalized spacial score (nSPS) is 15.1. The largest absolute Gasteiger partial charge is 0.399 e. The Hall–Kier alpha value is -1.30. The Balaban J connectivity index is 0.00000242. The first-order valence-electron chi connectivity index (χ1n) is 7.54. The summed E-state index contributed by atoms with van der Waals surface area (Å²) in [6, 6.07) is 7.38. The second-order valence-electron chi connectivity index (χ2n) is 5.30. The van der Waals surface area contributed by atoms with E-state index in [0.29, 0.717) is 31.4 Å². The summed E-state index contributed by atoms with van der Waals surface area (Å²) in [5.74, 6) is 0.0332. The molecule has 5 nitrogen and oxygen atoms in total. The fourth-order valence-electron chi connectivity index (χ4n) is 2.28. The number of carbonyl (C=O) groups excluding carboxylic acids is 1. The van der Waals surface area contributed by atoms with Crippen molar-refractivity contribution in [3.05, 3.63) is 29.8 Å². The van der Waals surface area contributed by atoms with Crippen LogP contribution in [0.25, 0.3) is 0 Å². The van der Waals surface area contributed by atoms with Gasteiger partial charge >= 0.3 is 0 Å². The summed E-state index contributed by atoms with van der Waals surface area (Å²) in [6.45, 7) is 2.93. The summed E-state index contributed by atoms with van der Waals surface area (Å²) in [5.41, 5.74) is 7.29. The fraction of sp³-hybridized carbons (Fsp3) is 0.562. The van der Waals surface area contributed by atoms with E-state index in [0.717, 1.165) is 38.0 Å². The molecule has 1 aliphatic heterocycles. The van der Waals surface area contributed by atoms with Gasteiger partial charge in [0.15, 0.2) is 0 Å². The van der Waals surface area contributed by atoms with Gasteiger partial charge in [-0.15, -0.1) is 12.4 Å². The summed E-state index contributed by atoms with van der Waals surface area (Å²) in [7, 11) is 0. The van der Waals surface area contributed by atoms with Gasteiger partial charge < -0.3 is 20.5 Å². The highest BCUT2D eigenvalue weighted by atomic mass is 35.5. The van der Waals surface area contributed by atoms with Gasteiger partial charge in [0, 0.05) is 32.1 Å². The smallest absolute Gasteiger partial charge is 0.224 e. The summed E-state index contributed by atoms with van der Waals surface area (Å²) in [4.78, 5) is 11.8. The van der Waals surface area contributed by atoms with E-state index in [-0.39, 0.29) is 18.3 Å². The number of hydrogen-bond acceptors (Lipinski definition) is 4. The van der Waals surface area contributed by atoms with Gasteiger partial charge in [0.25, 0.3) is 0 Å². The van der Waals surface area contributed by atoms with Gasteiger partial charge in [0.1, 0.15) is 0 Å². The van der Waals surface area contributed by atoms with Gasteiger partial charge in [-0.1, -0.05) is 12.1 Å². The zero-order valence-electron chi connectivity index (χ0n) is 12.8. The lowest BCUT2D eigenvalue weighted by atomic mass is 10.1. The molecule has 0 unspecified atom stereocenters. The van der Waals surface area contributed by atoms with Gasteiger partial charge in [-0.25, -0.2) is 0 Å². The number of benzene rings is 1. The van der Waals surface area contributed by atoms with E-state index in [1.165, 1.54) is 0 Å². The maximum Gasteiger partial charge on any atom is 0.224 e. The minimum absolute atomic E-state index is 0. The molecule has 0 atom stereocenters. The summed E-state index contributed by atoms with van der Waals surface area (Å²) in [5, 5.41) is 2.91. The molecule has 1 aromatic carbocycles. The lowest BCUT2D eigenvalue weighted by Crippen LogP contribution is -2.28. The second kappa shape index (κ2) is 10.4. The number of nitrogens with one attached hydrogen (secondary N) is 1. The number of ether oxygens (including phenoxy) is 2. The van der Waals surface area contributed by atoms with Crippen LogP contribution in [-0.2, 0) is 20.7 Å². The van der Waals surface area contributed by atoms with Crippen molar-refractivity contribution in [3.63, 3.8) is 0 Å². The predicted octanol–water partition coefficient (Wildman–Crippen LogP) is 1.93. The lowest BCUT2D eigenvalue weighted by Gasteiger charge is -2.22. The third kappa shape index (κ3) is 7.11. The van der Waals surface area contributed by atoms with Gasteiger partial charge in [0.2, 0.25) is 5.91 Å². The van der Waals surface area contributed by atoms with Crippen molar-refractivity contribution >= 4 is 24.0 Å². The van der Waals surface area contributed by atoms with Crippen molar-refractivity contribution in [1.29, 1.82) is 0 Å². The maximum atomic E-state index is 11.8. The van der Waals surface area contributed by atoms with Crippen molar-refractivity contribution in [2.45, 2.75) is 31.8 Å². The quantitative estimate of drug-likeness (QED) is 0.592. The first kappa shape index (κ1) is 18.7. The van der Waals surface area contributed by atoms with Crippen molar-refractivity contribution in [2.24, 2.45) is 0 Å². The number of anilines is 1. The molecule has 0 aliphatic carbocycles. The van der Waals surface area contributed by atoms with E-state index in [9.17, 15) is 4.79 Å². The molecule has 1 saturated heterocycles. The van der Waals surface area contributed by atoms with Crippen LogP contribution in [0.4, 0.5) is 5.69 Å². The highest BCUT2D eigenvalue weighted by Gasteiger charge is 2.13. The standard InChI is InChI=1S/C16H24N2O3.ClH/c17-14-4-2-13(3-5-14)12-16(19)18-8-1-9-21-15-6-10-20-11-7-15;/h2-5,15H,1,6-12,17H2,(H,18,19);1H. The van der Waals surface area contributed by atoms with Crippen molar-refractivity contribution in [3.8, 4) is 0 Å². The Bertz CT molecular complexity index is 434. The van der Waals surface area contributed by atoms with Crippen LogP contribution in [0.2, 0.25) is 0 Å². The van der Waals surface area contributed by atoms with E-state index in [1.54, 1.807) is 0 Å². The van der Waals surface area contributed by atoms with Crippen LogP contribution in [0.3, 0.4) is 0 Å². The molecular formula is C16H25ClN2O3. The molecule has 2 rings (SSSR count). The molecule has 124 valence electrons. The molecule has 3 N–H and O–H groups in total. The van der Waals surface area contributed by atoms with Crippen LogP contribution >= 0.6 is 12.4 Å². The Labute approximate surface area is 138 Å². The van der Waals surface area contributed by atoms with E-state index in [4.69, 9.17) is 15.2 Å². The van der Waals surface area contributed by atoms with Crippen molar-refractivity contribution in [2.75, 3.05) is 32.1 Å². The molecule has 0 bridgehead atoms. The summed E-state index contributed by atoms with van der Waals surface area (Å²) >= 11 is 0. The zero-order chi connectivity index (χ0) is 14.9. The number of hydrogen-bond donors (Lipinski definition) is 2. The minimum Gasteiger partial charge on any atom is -0.399 e. The molecule has 0 saturated carbocycles. The number of nitrogens with two attached hydrogens (primary N) is 1. The second-order valence-corrected chi connectivity index (χ2v) is 5.30. The Morgan fingerprint density at radius 3 is 2.64 bits per heavy atom. The van der Waals surface area contributed by atoms with Crippen LogP contribution in [-0.4, -0.2) is 38.4 Å². The molecule has 22 heavy (non-hydrogen) atoms. The number of amides is 1. The first-order valence-corrected chi connectivity index (χ1v) is 7.54. The molecule has 1 heterocycles. The molecule has 0 radical (unpaired) electrons. The maximum absolute atomic E-state index is 11.8. The van der Waals surface area contributed by atoms with Gasteiger partial charge in [-0.2, -0.15) is 0 Å². The number of carbonyl (C=O) groups is 1. The van der Waals surface area contributed by atoms with Crippen LogP contribution in [0.5, 0.6) is 0 Å². The molecule has 0 spiro atoms. The average molecular weight is 329 g/mol. The molecule has 1 fully saturated rings. The van der Waals surface area contributed by atoms with E-state index >= 15 is 0 Å². The van der Waals surface area contributed by atoms with Crippen LogP contribution in [0.1, 0.15) is 24.8 Å². The van der Waals surface area contributed by atoms with Gasteiger partial charge in [-0.3, -0.25) is 4.79 Å². The SMILES string of the molecule is Cl.Nc1ccc(CC(=O)NCCCOC2CCOCC2)cc1. The predicted molar refractivity (Wildman–Crippen MR) is 89.2 cm³/mol. The first-order chi connectivity index (χ1) is 10.2. The summed E-state index contributed by atoms with van der Waals surface area (Å²) in [6.07, 6.45) is 3.50. The Kier molecular flexibility index (Phi) is 8.89. The van der Waals surface area contributed by atoms with Crippen molar-refractivity contribution < 1.29 is 14.3 Å². The van der Waals surface area contributed by atoms with E-state index < -0.39 is 0 Å². The highest BCUT2D eigenvalue weighted by Crippen LogP contribution is 2.10. The third-order valence-corrected chi connectivity index (χ3v) is 3.51. The van der Waals surface area contributed by atoms with Crippen LogP contribution < -0.4 is 11.1 Å². The van der Waals surface area contributed by atoms with Gasteiger partial charge in [-0.05, 0) is 37.0 Å². The Morgan fingerprint density at radius 1 is 1.27 bits per heavy atom. The number of nitrogen functional groups attached to an aromatic ring is 1. The number of rotatable bonds is 7. The molecule has 1 aromatic rings. The summed E-state index contributed by atoms with van der Waals surface area (Å²) < 4.78 is 11.0. The molecule has 0 aromatic heterocycles. The minimum atomic E-state index is 0. The molecular weight excluding hydrogens is 304 g/mol. The highest BCUT2D eigenvalue weighted by molar-refractivity contribution is 5.85. The Morgan fingerprint density at radius 2 is 1.95 bits per heavy atom. The van der Waals surface area contributed by atoms with Crippen LogP contribution in [0, 0.1) is 0 Å². The van der Waals surface area contributed by atoms with E-state index in [1.807, 2.05) is 24.3 Å². The van der Waals surface area contributed by atoms with E-state index in [2.05, 4.69) is 5.32 Å². The van der Waals surface area contributed by atoms with Crippen molar-refractivity contribution in [1.82, 2.24) is 5.32 Å². The molecule has 6 heteroatoms. The monoisotopic (exact) mass is 328 g/mol. The topological polar surface area (TPSA) is 73.6 Å². The fourth-order valence-corrected chi connectivity index (χ4v) is 2.28. The van der Waals surface area contributed by atoms with Gasteiger partial charge in [0.05, 0.1) is 12.5 Å².